The van der Waals surface area contributed by atoms with E-state index in [4.69, 9.17) is 11.2 Å². The Hall–Kier alpha value is -3.56. The van der Waals surface area contributed by atoms with Crippen LogP contribution in [0.2, 0.25) is 0 Å². The van der Waals surface area contributed by atoms with E-state index in [1.165, 1.54) is 59.1 Å². The van der Waals surface area contributed by atoms with Crippen LogP contribution in [0.1, 0.15) is 50.7 Å². The number of unbranched alkanes of at least 4 members (excludes halogenated alkanes) is 2. The molecule has 0 spiro atoms. The molecule has 5 aromatic rings. The minimum absolute atomic E-state index is 0.747. The van der Waals surface area contributed by atoms with Gasteiger partial charge in [-0.15, -0.1) is 0 Å². The van der Waals surface area contributed by atoms with Crippen LogP contribution in [0.5, 0.6) is 0 Å². The summed E-state index contributed by atoms with van der Waals surface area (Å²) in [6, 6.07) is 43.2. The molecule has 0 saturated carbocycles. The first-order valence-corrected chi connectivity index (χ1v) is 18.8. The van der Waals surface area contributed by atoms with E-state index in [-0.39, 0.29) is 0 Å². The fourth-order valence-corrected chi connectivity index (χ4v) is 7.24. The number of anilines is 3. The van der Waals surface area contributed by atoms with Crippen molar-refractivity contribution in [2.45, 2.75) is 52.4 Å². The Labute approximate surface area is 265 Å². The lowest BCUT2D eigenvalue weighted by atomic mass is 10.0. The molecule has 2 nitrogen and oxygen atoms in total. The summed E-state index contributed by atoms with van der Waals surface area (Å²) >= 11 is 5.05. The number of aryl methyl sites for hydroxylation is 2. The zero-order valence-electron chi connectivity index (χ0n) is 24.9. The van der Waals surface area contributed by atoms with Crippen molar-refractivity contribution in [1.29, 1.82) is 0 Å². The highest BCUT2D eigenvalue weighted by Gasteiger charge is 2.14. The van der Waals surface area contributed by atoms with Crippen molar-refractivity contribution in [2.75, 3.05) is 4.90 Å². The van der Waals surface area contributed by atoms with Crippen LogP contribution in [0.15, 0.2) is 121 Å². The average molecular weight is 620 g/mol. The van der Waals surface area contributed by atoms with Gasteiger partial charge in [-0.05, 0) is 122 Å². The van der Waals surface area contributed by atoms with Gasteiger partial charge in [-0.2, -0.15) is 0 Å². The molecule has 0 bridgehead atoms. The normalized spacial score (nSPS) is 11.3. The molecule has 1 unspecified atom stereocenters. The van der Waals surface area contributed by atoms with E-state index in [1.54, 1.807) is 0 Å². The maximum absolute atomic E-state index is 12.6. The Kier molecular flexibility index (Phi) is 11.0. The van der Waals surface area contributed by atoms with E-state index >= 15 is 0 Å². The average Bonchev–Trinajstić information content (AvgIpc) is 3.07. The fourth-order valence-electron chi connectivity index (χ4n) is 5.33. The Morgan fingerprint density at radius 1 is 0.581 bits per heavy atom. The summed E-state index contributed by atoms with van der Waals surface area (Å²) in [5.41, 5.74) is 10.6. The molecule has 0 N–H and O–H groups in total. The molecule has 0 radical (unpaired) electrons. The van der Waals surface area contributed by atoms with Crippen LogP contribution >= 0.6 is 6.58 Å². The molecule has 5 heteroatoms. The molecule has 0 saturated heterocycles. The topological polar surface area (TPSA) is 20.3 Å². The van der Waals surface area contributed by atoms with Gasteiger partial charge in [0.2, 0.25) is 0 Å². The Balaban J connectivity index is 1.47. The van der Waals surface area contributed by atoms with Gasteiger partial charge in [-0.25, -0.2) is 0 Å². The highest BCUT2D eigenvalue weighted by atomic mass is 32.9. The van der Waals surface area contributed by atoms with Gasteiger partial charge in [0.1, 0.15) is 0 Å². The molecule has 0 amide bonds. The first kappa shape index (κ1) is 30.9. The number of nitrogens with zero attached hydrogens (tertiary/aromatic N) is 1. The van der Waals surface area contributed by atoms with Crippen molar-refractivity contribution in [2.24, 2.45) is 0 Å². The highest BCUT2D eigenvalue weighted by molar-refractivity contribution is 8.34. The van der Waals surface area contributed by atoms with Crippen molar-refractivity contribution >= 4 is 49.6 Å². The monoisotopic (exact) mass is 619 g/mol. The van der Waals surface area contributed by atoms with Crippen molar-refractivity contribution < 1.29 is 4.57 Å². The van der Waals surface area contributed by atoms with Crippen LogP contribution in [0.3, 0.4) is 0 Å². The predicted molar refractivity (Wildman–Crippen MR) is 191 cm³/mol. The Morgan fingerprint density at radius 3 is 1.40 bits per heavy atom. The molecule has 5 aromatic carbocycles. The van der Waals surface area contributed by atoms with Gasteiger partial charge in [0.25, 0.3) is 0 Å². The summed E-state index contributed by atoms with van der Waals surface area (Å²) < 4.78 is 12.6. The van der Waals surface area contributed by atoms with Gasteiger partial charge in [0.15, 0.2) is 6.58 Å². The minimum Gasteiger partial charge on any atom is -0.310 e. The summed E-state index contributed by atoms with van der Waals surface area (Å²) in [4.78, 5) is 2.22. The van der Waals surface area contributed by atoms with Gasteiger partial charge in [0, 0.05) is 22.4 Å². The largest absolute Gasteiger partial charge is 0.310 e. The number of hydrogen-bond acceptors (Lipinski definition) is 3. The standard InChI is InChI=1S/C38H38NOPS2/c1-3-5-8-29-12-16-31(17-13-29)33-20-24-35(25-21-33)39(37-10-7-11-38(28-37)41(40)43-42)36-26-22-34(23-27-36)32-18-14-30(15-19-32)9-6-4-2/h7,10-28H,3-6,8-9H2,1-2H3. The van der Waals surface area contributed by atoms with Gasteiger partial charge >= 0.3 is 0 Å². The van der Waals surface area contributed by atoms with Gasteiger partial charge in [0.05, 0.1) is 0 Å². The predicted octanol–water partition coefficient (Wildman–Crippen LogP) is 11.1. The van der Waals surface area contributed by atoms with Crippen LogP contribution in [0, 0.1) is 0 Å². The second kappa shape index (κ2) is 15.3. The minimum atomic E-state index is -1.68. The second-order valence-corrected chi connectivity index (χ2v) is 14.8. The quantitative estimate of drug-likeness (QED) is 0.130. The van der Waals surface area contributed by atoms with Crippen molar-refractivity contribution in [3.8, 4) is 22.3 Å². The van der Waals surface area contributed by atoms with Crippen LogP contribution in [-0.2, 0) is 38.1 Å². The van der Waals surface area contributed by atoms with E-state index in [2.05, 4.69) is 122 Å². The molecule has 218 valence electrons. The molecular formula is C38H38NOPS2. The maximum atomic E-state index is 12.6. The summed E-state index contributed by atoms with van der Waals surface area (Å²) in [5, 5.41) is 0.747. The molecule has 0 aliphatic rings. The van der Waals surface area contributed by atoms with E-state index in [0.717, 1.165) is 44.7 Å². The molecule has 0 aliphatic heterocycles. The lowest BCUT2D eigenvalue weighted by Crippen LogP contribution is -2.11. The van der Waals surface area contributed by atoms with E-state index in [1.807, 2.05) is 18.2 Å². The first-order chi connectivity index (χ1) is 21.1. The zero-order valence-corrected chi connectivity index (χ0v) is 27.4. The third kappa shape index (κ3) is 7.89. The SMILES string of the molecule is CCCCc1ccc(-c2ccc(N(c3ccc(-c4ccc(CCCC)cc4)cc3)c3cccc(P(=O)=S=S)c3)cc2)cc1. The van der Waals surface area contributed by atoms with Crippen molar-refractivity contribution in [3.63, 3.8) is 0 Å². The van der Waals surface area contributed by atoms with E-state index in [0.29, 0.717) is 0 Å². The molecule has 0 aliphatic carbocycles. The van der Waals surface area contributed by atoms with E-state index < -0.39 is 6.58 Å². The lowest BCUT2D eigenvalue weighted by Gasteiger charge is -2.26. The first-order valence-electron chi connectivity index (χ1n) is 15.2. The number of hydrogen-bond donors (Lipinski definition) is 0. The van der Waals surface area contributed by atoms with Crippen LogP contribution in [0.4, 0.5) is 17.1 Å². The molecule has 0 aromatic heterocycles. The van der Waals surface area contributed by atoms with Crippen molar-refractivity contribution in [1.82, 2.24) is 0 Å². The van der Waals surface area contributed by atoms with E-state index in [9.17, 15) is 4.57 Å². The van der Waals surface area contributed by atoms with Crippen LogP contribution < -0.4 is 10.2 Å². The third-order valence-corrected chi connectivity index (χ3v) is 10.9. The summed E-state index contributed by atoms with van der Waals surface area (Å²) in [6.07, 6.45) is 7.11. The van der Waals surface area contributed by atoms with Crippen LogP contribution in [-0.4, -0.2) is 0 Å². The lowest BCUT2D eigenvalue weighted by molar-refractivity contribution is 0.602. The number of rotatable bonds is 12. The van der Waals surface area contributed by atoms with Gasteiger partial charge in [-0.3, -0.25) is 4.57 Å². The summed E-state index contributed by atoms with van der Waals surface area (Å²) in [5.74, 6) is 0. The maximum Gasteiger partial charge on any atom is 0.197 e. The molecule has 0 heterocycles. The Morgan fingerprint density at radius 2 is 1.00 bits per heavy atom. The second-order valence-electron chi connectivity index (χ2n) is 10.9. The van der Waals surface area contributed by atoms with Crippen LogP contribution in [0.25, 0.3) is 22.3 Å². The molecule has 0 fully saturated rings. The molecule has 1 atom stereocenters. The number of benzene rings is 5. The van der Waals surface area contributed by atoms with Gasteiger partial charge in [-0.1, -0.05) is 106 Å². The fraction of sp³-hybridized carbons (Fsp3) is 0.211. The Bertz CT molecular complexity index is 1640. The van der Waals surface area contributed by atoms with Gasteiger partial charge < -0.3 is 4.90 Å². The highest BCUT2D eigenvalue weighted by Crippen LogP contribution is 2.37. The smallest absolute Gasteiger partial charge is 0.197 e. The molecular weight excluding hydrogens is 582 g/mol. The zero-order chi connectivity index (χ0) is 30.0. The van der Waals surface area contributed by atoms with Crippen molar-refractivity contribution in [3.05, 3.63) is 132 Å². The molecule has 43 heavy (non-hydrogen) atoms. The third-order valence-electron chi connectivity index (χ3n) is 7.83. The summed E-state index contributed by atoms with van der Waals surface area (Å²) in [6.45, 7) is 2.78. The molecule has 5 rings (SSSR count). The summed E-state index contributed by atoms with van der Waals surface area (Å²) in [7, 11) is 0.973.